The minimum atomic E-state index is -0.174. The van der Waals surface area contributed by atoms with Gasteiger partial charge in [0.2, 0.25) is 0 Å². The summed E-state index contributed by atoms with van der Waals surface area (Å²) in [7, 11) is 0. The van der Waals surface area contributed by atoms with Crippen LogP contribution >= 0.6 is 0 Å². The number of hydrogen-bond donors (Lipinski definition) is 2. The van der Waals surface area contributed by atoms with Gasteiger partial charge in [0.05, 0.1) is 25.4 Å². The van der Waals surface area contributed by atoms with Gasteiger partial charge in [0.25, 0.3) is 0 Å². The summed E-state index contributed by atoms with van der Waals surface area (Å²) in [5.41, 5.74) is 0. The van der Waals surface area contributed by atoms with E-state index in [4.69, 9.17) is 9.84 Å². The zero-order chi connectivity index (χ0) is 9.97. The lowest BCUT2D eigenvalue weighted by molar-refractivity contribution is -0.0762. The quantitative estimate of drug-likeness (QED) is 0.638. The van der Waals surface area contributed by atoms with Crippen LogP contribution in [-0.2, 0) is 4.74 Å². The van der Waals surface area contributed by atoms with Gasteiger partial charge in [0.15, 0.2) is 0 Å². The fourth-order valence-electron chi connectivity index (χ4n) is 2.50. The first-order valence-corrected chi connectivity index (χ1v) is 5.46. The number of aliphatic hydroxyl groups is 2. The molecular weight excluding hydrogens is 182 g/mol. The Kier molecular flexibility index (Phi) is 3.38. The Morgan fingerprint density at radius 2 is 2.21 bits per heavy atom. The van der Waals surface area contributed by atoms with Crippen molar-refractivity contribution in [2.45, 2.75) is 37.5 Å². The summed E-state index contributed by atoms with van der Waals surface area (Å²) in [5, 5.41) is 18.8. The molecule has 1 unspecified atom stereocenters. The third-order valence-electron chi connectivity index (χ3n) is 3.29. The van der Waals surface area contributed by atoms with E-state index in [2.05, 4.69) is 4.90 Å². The van der Waals surface area contributed by atoms with Crippen molar-refractivity contribution in [2.75, 3.05) is 26.3 Å². The Morgan fingerprint density at radius 3 is 2.86 bits per heavy atom. The van der Waals surface area contributed by atoms with Gasteiger partial charge in [-0.2, -0.15) is 0 Å². The molecule has 3 atom stereocenters. The summed E-state index contributed by atoms with van der Waals surface area (Å²) >= 11 is 0. The molecule has 2 rings (SSSR count). The zero-order valence-corrected chi connectivity index (χ0v) is 8.43. The Morgan fingerprint density at radius 1 is 1.36 bits per heavy atom. The smallest absolute Gasteiger partial charge is 0.0933 e. The summed E-state index contributed by atoms with van der Waals surface area (Å²) in [4.78, 5) is 2.27. The van der Waals surface area contributed by atoms with Crippen LogP contribution in [0.4, 0.5) is 0 Å². The van der Waals surface area contributed by atoms with Gasteiger partial charge in [-0.05, 0) is 19.3 Å². The van der Waals surface area contributed by atoms with E-state index >= 15 is 0 Å². The van der Waals surface area contributed by atoms with Crippen molar-refractivity contribution in [3.05, 3.63) is 0 Å². The second-order valence-corrected chi connectivity index (χ2v) is 4.24. The predicted octanol–water partition coefficient (Wildman–Crippen LogP) is -0.407. The van der Waals surface area contributed by atoms with Crippen molar-refractivity contribution in [1.29, 1.82) is 0 Å². The van der Waals surface area contributed by atoms with Crippen molar-refractivity contribution in [2.24, 2.45) is 0 Å². The van der Waals surface area contributed by atoms with Crippen molar-refractivity contribution in [3.63, 3.8) is 0 Å². The van der Waals surface area contributed by atoms with Gasteiger partial charge in [-0.1, -0.05) is 0 Å². The van der Waals surface area contributed by atoms with Crippen LogP contribution in [-0.4, -0.2) is 59.7 Å². The Balaban J connectivity index is 1.90. The van der Waals surface area contributed by atoms with Crippen LogP contribution in [0.1, 0.15) is 19.3 Å². The number of rotatable bonds is 2. The lowest BCUT2D eigenvalue weighted by Gasteiger charge is -2.37. The highest BCUT2D eigenvalue weighted by Crippen LogP contribution is 2.25. The minimum absolute atomic E-state index is 0.0588. The first-order valence-electron chi connectivity index (χ1n) is 5.46. The van der Waals surface area contributed by atoms with E-state index < -0.39 is 0 Å². The van der Waals surface area contributed by atoms with Crippen molar-refractivity contribution < 1.29 is 14.9 Å². The van der Waals surface area contributed by atoms with E-state index in [9.17, 15) is 5.11 Å². The maximum absolute atomic E-state index is 9.76. The van der Waals surface area contributed by atoms with E-state index in [0.717, 1.165) is 32.4 Å². The van der Waals surface area contributed by atoms with Crippen LogP contribution in [0, 0.1) is 0 Å². The molecule has 1 heterocycles. The topological polar surface area (TPSA) is 52.9 Å². The summed E-state index contributed by atoms with van der Waals surface area (Å²) in [5.74, 6) is 0. The van der Waals surface area contributed by atoms with Gasteiger partial charge in [-0.15, -0.1) is 0 Å². The van der Waals surface area contributed by atoms with Crippen molar-refractivity contribution in [3.8, 4) is 0 Å². The van der Waals surface area contributed by atoms with E-state index in [1.165, 1.54) is 0 Å². The van der Waals surface area contributed by atoms with Crippen molar-refractivity contribution in [1.82, 2.24) is 4.90 Å². The monoisotopic (exact) mass is 201 g/mol. The summed E-state index contributed by atoms with van der Waals surface area (Å²) in [6.07, 6.45) is 2.89. The Bertz CT molecular complexity index is 188. The van der Waals surface area contributed by atoms with Gasteiger partial charge < -0.3 is 14.9 Å². The van der Waals surface area contributed by atoms with Crippen LogP contribution in [0.3, 0.4) is 0 Å². The molecular formula is C10H19NO3. The standard InChI is InChI=1S/C10H19NO3/c12-7-8-6-11(4-5-14-8)9-2-1-3-10(9)13/h8-10,12-13H,1-7H2/t8?,9-,10-/m1/s1. The molecule has 82 valence electrons. The Hall–Kier alpha value is -0.160. The number of aliphatic hydroxyl groups excluding tert-OH is 2. The molecule has 14 heavy (non-hydrogen) atoms. The van der Waals surface area contributed by atoms with E-state index in [1.807, 2.05) is 0 Å². The number of morpholine rings is 1. The molecule has 0 spiro atoms. The molecule has 0 amide bonds. The summed E-state index contributed by atoms with van der Waals surface area (Å²) < 4.78 is 5.38. The van der Waals surface area contributed by atoms with Gasteiger partial charge in [-0.3, -0.25) is 4.90 Å². The lowest BCUT2D eigenvalue weighted by atomic mass is 10.1. The van der Waals surface area contributed by atoms with Gasteiger partial charge in [-0.25, -0.2) is 0 Å². The molecule has 4 heteroatoms. The predicted molar refractivity (Wildman–Crippen MR) is 52.0 cm³/mol. The summed E-state index contributed by atoms with van der Waals surface area (Å²) in [6, 6.07) is 0.299. The molecule has 1 aliphatic heterocycles. The largest absolute Gasteiger partial charge is 0.394 e. The van der Waals surface area contributed by atoms with Gasteiger partial charge >= 0.3 is 0 Å². The molecule has 1 saturated carbocycles. The molecule has 2 N–H and O–H groups in total. The average molecular weight is 201 g/mol. The van der Waals surface area contributed by atoms with Crippen LogP contribution in [0.2, 0.25) is 0 Å². The molecule has 1 aliphatic carbocycles. The fraction of sp³-hybridized carbons (Fsp3) is 1.00. The minimum Gasteiger partial charge on any atom is -0.394 e. The summed E-state index contributed by atoms with van der Waals surface area (Å²) in [6.45, 7) is 2.41. The molecule has 2 aliphatic rings. The van der Waals surface area contributed by atoms with E-state index in [0.29, 0.717) is 12.6 Å². The third kappa shape index (κ3) is 2.08. The van der Waals surface area contributed by atoms with Gasteiger partial charge in [0, 0.05) is 19.1 Å². The fourth-order valence-corrected chi connectivity index (χ4v) is 2.50. The molecule has 0 bridgehead atoms. The second kappa shape index (κ2) is 4.57. The number of nitrogens with zero attached hydrogens (tertiary/aromatic N) is 1. The molecule has 0 aromatic heterocycles. The molecule has 2 fully saturated rings. The van der Waals surface area contributed by atoms with Gasteiger partial charge in [0.1, 0.15) is 0 Å². The first-order chi connectivity index (χ1) is 6.81. The third-order valence-corrected chi connectivity index (χ3v) is 3.29. The zero-order valence-electron chi connectivity index (χ0n) is 8.43. The highest BCUT2D eigenvalue weighted by molar-refractivity contribution is 4.87. The van der Waals surface area contributed by atoms with E-state index in [-0.39, 0.29) is 18.8 Å². The maximum atomic E-state index is 9.76. The number of hydrogen-bond acceptors (Lipinski definition) is 4. The van der Waals surface area contributed by atoms with Crippen molar-refractivity contribution >= 4 is 0 Å². The first kappa shape index (κ1) is 10.4. The maximum Gasteiger partial charge on any atom is 0.0933 e. The molecule has 1 saturated heterocycles. The normalized spacial score (nSPS) is 40.3. The highest BCUT2D eigenvalue weighted by Gasteiger charge is 2.33. The molecule has 0 radical (unpaired) electrons. The molecule has 4 nitrogen and oxygen atoms in total. The van der Waals surface area contributed by atoms with Crippen LogP contribution in [0.25, 0.3) is 0 Å². The van der Waals surface area contributed by atoms with Crippen LogP contribution < -0.4 is 0 Å². The SMILES string of the molecule is OCC1CN([C@@H]2CCC[C@H]2O)CCO1. The van der Waals surface area contributed by atoms with E-state index in [1.54, 1.807) is 0 Å². The lowest BCUT2D eigenvalue weighted by Crippen LogP contribution is -2.51. The number of ether oxygens (including phenoxy) is 1. The Labute approximate surface area is 84.5 Å². The second-order valence-electron chi connectivity index (χ2n) is 4.24. The average Bonchev–Trinajstić information content (AvgIpc) is 2.65. The van der Waals surface area contributed by atoms with Crippen LogP contribution in [0.15, 0.2) is 0 Å². The van der Waals surface area contributed by atoms with Crippen LogP contribution in [0.5, 0.6) is 0 Å². The highest BCUT2D eigenvalue weighted by atomic mass is 16.5. The molecule has 0 aromatic carbocycles. The molecule has 0 aromatic rings.